The van der Waals surface area contributed by atoms with E-state index >= 15 is 0 Å². The molecule has 0 aliphatic rings. The molecule has 2 rings (SSSR count). The van der Waals surface area contributed by atoms with Gasteiger partial charge in [-0.15, -0.1) is 11.3 Å². The Kier molecular flexibility index (Phi) is 4.45. The van der Waals surface area contributed by atoms with Gasteiger partial charge in [0.1, 0.15) is 10.8 Å². The first-order valence-corrected chi connectivity index (χ1v) is 7.57. The number of aromatic nitrogens is 1. The predicted octanol–water partition coefficient (Wildman–Crippen LogP) is 4.02. The van der Waals surface area contributed by atoms with Crippen LogP contribution in [0.15, 0.2) is 24.3 Å². The fourth-order valence-electron chi connectivity index (χ4n) is 1.87. The molecule has 1 aromatic heterocycles. The number of nitrogens with zero attached hydrogens (tertiary/aromatic N) is 1. The van der Waals surface area contributed by atoms with E-state index in [2.05, 4.69) is 44.1 Å². The smallest absolute Gasteiger partial charge is 0.129 e. The Bertz CT molecular complexity index is 584. The molecule has 0 spiro atoms. The Labute approximate surface area is 125 Å². The van der Waals surface area contributed by atoms with E-state index in [0.29, 0.717) is 0 Å². The minimum atomic E-state index is 0.112. The molecule has 0 atom stereocenters. The zero-order chi connectivity index (χ0) is 14.8. The molecule has 0 aliphatic carbocycles. The SMILES string of the molecule is COc1ccccc1-c1nc(C)c(CNC(C)(C)C)s1. The van der Waals surface area contributed by atoms with Crippen LogP contribution in [0.2, 0.25) is 0 Å². The summed E-state index contributed by atoms with van der Waals surface area (Å²) in [5, 5.41) is 4.53. The summed E-state index contributed by atoms with van der Waals surface area (Å²) < 4.78 is 5.41. The van der Waals surface area contributed by atoms with Gasteiger partial charge in [-0.05, 0) is 39.8 Å². The van der Waals surface area contributed by atoms with Gasteiger partial charge < -0.3 is 10.1 Å². The van der Waals surface area contributed by atoms with Gasteiger partial charge in [-0.25, -0.2) is 4.98 Å². The van der Waals surface area contributed by atoms with E-state index in [0.717, 1.165) is 28.6 Å². The minimum absolute atomic E-state index is 0.112. The summed E-state index contributed by atoms with van der Waals surface area (Å²) in [6.07, 6.45) is 0. The second kappa shape index (κ2) is 5.94. The third kappa shape index (κ3) is 3.58. The maximum absolute atomic E-state index is 5.41. The van der Waals surface area contributed by atoms with Crippen LogP contribution in [-0.2, 0) is 6.54 Å². The van der Waals surface area contributed by atoms with Gasteiger partial charge in [-0.2, -0.15) is 0 Å². The fraction of sp³-hybridized carbons (Fsp3) is 0.438. The Balaban J connectivity index is 2.27. The number of para-hydroxylation sites is 1. The summed E-state index contributed by atoms with van der Waals surface area (Å²) in [7, 11) is 1.70. The third-order valence-electron chi connectivity index (χ3n) is 3.01. The lowest BCUT2D eigenvalue weighted by Crippen LogP contribution is -2.34. The average Bonchev–Trinajstić information content (AvgIpc) is 2.77. The first-order valence-electron chi connectivity index (χ1n) is 6.75. The summed E-state index contributed by atoms with van der Waals surface area (Å²) in [4.78, 5) is 5.97. The van der Waals surface area contributed by atoms with Gasteiger partial charge in [-0.3, -0.25) is 0 Å². The minimum Gasteiger partial charge on any atom is -0.496 e. The van der Waals surface area contributed by atoms with Crippen LogP contribution in [0.4, 0.5) is 0 Å². The number of ether oxygens (including phenoxy) is 1. The maximum Gasteiger partial charge on any atom is 0.129 e. The lowest BCUT2D eigenvalue weighted by atomic mass is 10.1. The molecular formula is C16H22N2OS. The van der Waals surface area contributed by atoms with Crippen LogP contribution < -0.4 is 10.1 Å². The number of methoxy groups -OCH3 is 1. The van der Waals surface area contributed by atoms with Crippen LogP contribution in [0.1, 0.15) is 31.3 Å². The van der Waals surface area contributed by atoms with Crippen molar-refractivity contribution in [3.8, 4) is 16.3 Å². The normalized spacial score (nSPS) is 11.7. The van der Waals surface area contributed by atoms with E-state index in [-0.39, 0.29) is 5.54 Å². The van der Waals surface area contributed by atoms with E-state index in [9.17, 15) is 0 Å². The molecule has 0 saturated heterocycles. The zero-order valence-corrected chi connectivity index (χ0v) is 13.6. The molecular weight excluding hydrogens is 268 g/mol. The summed E-state index contributed by atoms with van der Waals surface area (Å²) in [6, 6.07) is 8.02. The first-order chi connectivity index (χ1) is 9.40. The molecule has 20 heavy (non-hydrogen) atoms. The van der Waals surface area contributed by atoms with Crippen molar-refractivity contribution in [2.24, 2.45) is 0 Å². The first kappa shape index (κ1) is 15.0. The van der Waals surface area contributed by atoms with Crippen molar-refractivity contribution >= 4 is 11.3 Å². The van der Waals surface area contributed by atoms with Crippen molar-refractivity contribution in [2.75, 3.05) is 7.11 Å². The van der Waals surface area contributed by atoms with Crippen LogP contribution in [0.3, 0.4) is 0 Å². The number of thiazole rings is 1. The highest BCUT2D eigenvalue weighted by Gasteiger charge is 2.15. The Hall–Kier alpha value is -1.39. The van der Waals surface area contributed by atoms with E-state index < -0.39 is 0 Å². The lowest BCUT2D eigenvalue weighted by Gasteiger charge is -2.19. The van der Waals surface area contributed by atoms with E-state index in [4.69, 9.17) is 4.74 Å². The largest absolute Gasteiger partial charge is 0.496 e. The molecule has 2 aromatic rings. The van der Waals surface area contributed by atoms with Crippen LogP contribution in [0.5, 0.6) is 5.75 Å². The standard InChI is InChI=1S/C16H22N2OS/c1-11-14(10-17-16(2,3)4)20-15(18-11)12-8-6-7-9-13(12)19-5/h6-9,17H,10H2,1-5H3. The van der Waals surface area contributed by atoms with Crippen molar-refractivity contribution in [2.45, 2.75) is 39.8 Å². The van der Waals surface area contributed by atoms with Crippen molar-refractivity contribution in [1.82, 2.24) is 10.3 Å². The maximum atomic E-state index is 5.41. The number of rotatable bonds is 4. The molecule has 0 bridgehead atoms. The molecule has 3 nitrogen and oxygen atoms in total. The van der Waals surface area contributed by atoms with E-state index in [1.807, 2.05) is 18.2 Å². The fourth-order valence-corrected chi connectivity index (χ4v) is 2.91. The quantitative estimate of drug-likeness (QED) is 0.923. The van der Waals surface area contributed by atoms with Gasteiger partial charge in [0.25, 0.3) is 0 Å². The van der Waals surface area contributed by atoms with Gasteiger partial charge in [0, 0.05) is 17.0 Å². The molecule has 0 aliphatic heterocycles. The molecule has 1 N–H and O–H groups in total. The molecule has 0 saturated carbocycles. The third-order valence-corrected chi connectivity index (χ3v) is 4.20. The highest BCUT2D eigenvalue weighted by molar-refractivity contribution is 7.15. The van der Waals surface area contributed by atoms with Crippen LogP contribution in [0.25, 0.3) is 10.6 Å². The summed E-state index contributed by atoms with van der Waals surface area (Å²) in [6.45, 7) is 9.43. The van der Waals surface area contributed by atoms with Crippen molar-refractivity contribution in [3.05, 3.63) is 34.8 Å². The molecule has 108 valence electrons. The highest BCUT2D eigenvalue weighted by Crippen LogP contribution is 2.34. The van der Waals surface area contributed by atoms with Gasteiger partial charge >= 0.3 is 0 Å². The molecule has 1 heterocycles. The summed E-state index contributed by atoms with van der Waals surface area (Å²) >= 11 is 1.73. The molecule has 4 heteroatoms. The average molecular weight is 290 g/mol. The van der Waals surface area contributed by atoms with Gasteiger partial charge in [-0.1, -0.05) is 12.1 Å². The predicted molar refractivity (Wildman–Crippen MR) is 85.4 cm³/mol. The summed E-state index contributed by atoms with van der Waals surface area (Å²) in [5.74, 6) is 0.872. The van der Waals surface area contributed by atoms with Gasteiger partial charge in [0.05, 0.1) is 18.4 Å². The zero-order valence-electron chi connectivity index (χ0n) is 12.8. The van der Waals surface area contributed by atoms with Crippen LogP contribution >= 0.6 is 11.3 Å². The number of hydrogen-bond donors (Lipinski definition) is 1. The van der Waals surface area contributed by atoms with Crippen molar-refractivity contribution < 1.29 is 4.74 Å². The van der Waals surface area contributed by atoms with E-state index in [1.54, 1.807) is 18.4 Å². The molecule has 0 fully saturated rings. The number of nitrogens with one attached hydrogen (secondary N) is 1. The molecule has 0 amide bonds. The van der Waals surface area contributed by atoms with Crippen LogP contribution in [-0.4, -0.2) is 17.6 Å². The van der Waals surface area contributed by atoms with Gasteiger partial charge in [0.2, 0.25) is 0 Å². The Morgan fingerprint density at radius 3 is 2.60 bits per heavy atom. The second-order valence-electron chi connectivity index (χ2n) is 5.83. The van der Waals surface area contributed by atoms with Crippen molar-refractivity contribution in [1.29, 1.82) is 0 Å². The second-order valence-corrected chi connectivity index (χ2v) is 6.92. The summed E-state index contributed by atoms with van der Waals surface area (Å²) in [5.41, 5.74) is 2.26. The monoisotopic (exact) mass is 290 g/mol. The Morgan fingerprint density at radius 2 is 1.95 bits per heavy atom. The molecule has 0 unspecified atom stereocenters. The topological polar surface area (TPSA) is 34.1 Å². The number of benzene rings is 1. The van der Waals surface area contributed by atoms with Crippen LogP contribution in [0, 0.1) is 6.92 Å². The molecule has 0 radical (unpaired) electrons. The highest BCUT2D eigenvalue weighted by atomic mass is 32.1. The van der Waals surface area contributed by atoms with Crippen molar-refractivity contribution in [3.63, 3.8) is 0 Å². The number of aryl methyl sites for hydroxylation is 1. The molecule has 1 aromatic carbocycles. The van der Waals surface area contributed by atoms with Gasteiger partial charge in [0.15, 0.2) is 0 Å². The Morgan fingerprint density at radius 1 is 1.25 bits per heavy atom. The van der Waals surface area contributed by atoms with E-state index in [1.165, 1.54) is 4.88 Å². The lowest BCUT2D eigenvalue weighted by molar-refractivity contribution is 0.416. The number of hydrogen-bond acceptors (Lipinski definition) is 4.